The number of hydrogen-bond acceptors (Lipinski definition) is 4. The van der Waals surface area contributed by atoms with Crippen molar-refractivity contribution in [3.05, 3.63) is 6.17 Å². The van der Waals surface area contributed by atoms with Crippen molar-refractivity contribution in [2.75, 3.05) is 5.75 Å². The minimum Gasteiger partial charge on any atom is -0.286 e. The Morgan fingerprint density at radius 3 is 2.46 bits per heavy atom. The zero-order valence-electron chi connectivity index (χ0n) is 7.21. The van der Waals surface area contributed by atoms with Crippen LogP contribution in [0.25, 0.3) is 0 Å². The Morgan fingerprint density at radius 1 is 1.46 bits per heavy atom. The second-order valence-electron chi connectivity index (χ2n) is 3.03. The van der Waals surface area contributed by atoms with E-state index in [2.05, 4.69) is 9.98 Å². The first kappa shape index (κ1) is 10.2. The van der Waals surface area contributed by atoms with Crippen molar-refractivity contribution in [2.24, 2.45) is 15.9 Å². The molecular formula is C7H11N2O3S+. The maximum Gasteiger partial charge on any atom is 0.265 e. The van der Waals surface area contributed by atoms with Crippen LogP contribution in [0.1, 0.15) is 13.3 Å². The van der Waals surface area contributed by atoms with Crippen LogP contribution in [0.15, 0.2) is 9.98 Å². The fourth-order valence-electron chi connectivity index (χ4n) is 1.11. The molecule has 1 unspecified atom stereocenters. The van der Waals surface area contributed by atoms with E-state index in [1.54, 1.807) is 19.4 Å². The molecule has 0 saturated heterocycles. The number of nitrogens with zero attached hydrogens (tertiary/aromatic N) is 2. The van der Waals surface area contributed by atoms with Gasteiger partial charge in [-0.25, -0.2) is 0 Å². The third kappa shape index (κ3) is 4.05. The van der Waals surface area contributed by atoms with Crippen LogP contribution in [-0.2, 0) is 10.1 Å². The van der Waals surface area contributed by atoms with E-state index < -0.39 is 10.1 Å². The van der Waals surface area contributed by atoms with E-state index in [0.29, 0.717) is 12.6 Å². The Labute approximate surface area is 77.3 Å². The summed E-state index contributed by atoms with van der Waals surface area (Å²) in [5.41, 5.74) is 0. The first-order valence-electron chi connectivity index (χ1n) is 3.85. The van der Waals surface area contributed by atoms with Crippen molar-refractivity contribution < 1.29 is 13.0 Å². The average Bonchev–Trinajstić information content (AvgIpc) is 2.34. The molecule has 0 amide bonds. The Hall–Kier alpha value is -0.880. The standard InChI is InChI=1S/C7H10N2O3S/c1-6(5-13(10,11)12)4-7-8-2-3-9-7/h2-3,6H,4-5H2,1H3/p+1. The molecule has 6 heteroatoms. The van der Waals surface area contributed by atoms with Crippen LogP contribution in [0.3, 0.4) is 0 Å². The van der Waals surface area contributed by atoms with E-state index >= 15 is 0 Å². The smallest absolute Gasteiger partial charge is 0.265 e. The highest BCUT2D eigenvalue weighted by Crippen LogP contribution is 2.19. The van der Waals surface area contributed by atoms with Crippen molar-refractivity contribution in [1.29, 1.82) is 0 Å². The first-order valence-corrected chi connectivity index (χ1v) is 5.46. The maximum atomic E-state index is 10.5. The molecule has 72 valence electrons. The molecule has 0 aromatic carbocycles. The molecule has 1 atom stereocenters. The second kappa shape index (κ2) is 3.89. The summed E-state index contributed by atoms with van der Waals surface area (Å²) in [6.45, 7) is 1.73. The van der Waals surface area contributed by atoms with Gasteiger partial charge in [0, 0.05) is 0 Å². The molecule has 0 aromatic heterocycles. The lowest BCUT2D eigenvalue weighted by Crippen LogP contribution is -2.13. The Morgan fingerprint density at radius 2 is 2.00 bits per heavy atom. The lowest BCUT2D eigenvalue weighted by Gasteiger charge is -2.05. The average molecular weight is 203 g/mol. The van der Waals surface area contributed by atoms with Gasteiger partial charge >= 0.3 is 0 Å². The molecule has 0 fully saturated rings. The molecule has 0 aromatic rings. The number of rotatable bonds is 4. The van der Waals surface area contributed by atoms with Crippen molar-refractivity contribution in [3.8, 4) is 0 Å². The summed E-state index contributed by atoms with van der Waals surface area (Å²) in [7, 11) is -3.88. The lowest BCUT2D eigenvalue weighted by molar-refractivity contribution is 0.465. The summed E-state index contributed by atoms with van der Waals surface area (Å²) in [5, 5.41) is 0. The lowest BCUT2D eigenvalue weighted by atomic mass is 10.1. The number of aliphatic imine (C=N–C) groups is 2. The van der Waals surface area contributed by atoms with Crippen LogP contribution in [0.5, 0.6) is 0 Å². The first-order chi connectivity index (χ1) is 5.97. The summed E-state index contributed by atoms with van der Waals surface area (Å²) >= 11 is 0. The summed E-state index contributed by atoms with van der Waals surface area (Å²) in [6.07, 6.45) is 4.17. The van der Waals surface area contributed by atoms with E-state index in [0.717, 1.165) is 0 Å². The molecular weight excluding hydrogens is 192 g/mol. The minimum absolute atomic E-state index is 0.169. The van der Waals surface area contributed by atoms with Crippen molar-refractivity contribution in [1.82, 2.24) is 0 Å². The van der Waals surface area contributed by atoms with Gasteiger partial charge in [-0.1, -0.05) is 16.9 Å². The second-order valence-corrected chi connectivity index (χ2v) is 4.53. The molecule has 0 aliphatic carbocycles. The Kier molecular flexibility index (Phi) is 3.05. The molecule has 0 saturated carbocycles. The normalized spacial score (nSPS) is 18.2. The van der Waals surface area contributed by atoms with Gasteiger partial charge in [0.05, 0.1) is 12.2 Å². The van der Waals surface area contributed by atoms with Crippen LogP contribution in [0, 0.1) is 12.1 Å². The highest BCUT2D eigenvalue weighted by Gasteiger charge is 2.22. The zero-order chi connectivity index (χ0) is 9.90. The molecule has 13 heavy (non-hydrogen) atoms. The summed E-state index contributed by atoms with van der Waals surface area (Å²) in [4.78, 5) is 7.80. The molecule has 1 aliphatic heterocycles. The molecule has 5 nitrogen and oxygen atoms in total. The summed E-state index contributed by atoms with van der Waals surface area (Å²) < 4.78 is 29.5. The van der Waals surface area contributed by atoms with Crippen LogP contribution >= 0.6 is 0 Å². The van der Waals surface area contributed by atoms with Crippen LogP contribution in [-0.4, -0.2) is 31.2 Å². The highest BCUT2D eigenvalue weighted by molar-refractivity contribution is 7.85. The zero-order valence-corrected chi connectivity index (χ0v) is 8.03. The van der Waals surface area contributed by atoms with Crippen LogP contribution < -0.4 is 0 Å². The van der Waals surface area contributed by atoms with Crippen molar-refractivity contribution >= 4 is 22.5 Å². The molecule has 0 spiro atoms. The van der Waals surface area contributed by atoms with Crippen LogP contribution in [0.4, 0.5) is 0 Å². The van der Waals surface area contributed by atoms with E-state index in [1.807, 2.05) is 0 Å². The van der Waals surface area contributed by atoms with Gasteiger partial charge in [-0.15, -0.1) is 0 Å². The van der Waals surface area contributed by atoms with Gasteiger partial charge in [-0.05, 0) is 5.92 Å². The highest BCUT2D eigenvalue weighted by atomic mass is 32.2. The van der Waals surface area contributed by atoms with E-state index in [4.69, 9.17) is 4.55 Å². The molecule has 1 heterocycles. The minimum atomic E-state index is -3.88. The summed E-state index contributed by atoms with van der Waals surface area (Å²) in [5.74, 6) is -0.418. The predicted octanol–water partition coefficient (Wildman–Crippen LogP) is 0.545. The SMILES string of the molecule is CC(C[C+]1N=CC=N1)CS(=O)(=O)O. The van der Waals surface area contributed by atoms with E-state index in [-0.39, 0.29) is 11.7 Å². The monoisotopic (exact) mass is 203 g/mol. The van der Waals surface area contributed by atoms with Gasteiger partial charge in [-0.3, -0.25) is 4.55 Å². The Bertz CT molecular complexity index is 309. The van der Waals surface area contributed by atoms with Gasteiger partial charge in [0.25, 0.3) is 10.1 Å². The predicted molar refractivity (Wildman–Crippen MR) is 50.4 cm³/mol. The molecule has 1 aliphatic rings. The third-order valence-electron chi connectivity index (χ3n) is 1.54. The molecule has 1 rings (SSSR count). The van der Waals surface area contributed by atoms with Crippen molar-refractivity contribution in [2.45, 2.75) is 13.3 Å². The molecule has 1 N–H and O–H groups in total. The van der Waals surface area contributed by atoms with Gasteiger partial charge in [0.15, 0.2) is 12.4 Å². The quantitative estimate of drug-likeness (QED) is 0.535. The Balaban J connectivity index is 2.37. The topological polar surface area (TPSA) is 79.1 Å². The van der Waals surface area contributed by atoms with E-state index in [1.165, 1.54) is 0 Å². The number of hydrogen-bond donors (Lipinski definition) is 1. The van der Waals surface area contributed by atoms with Gasteiger partial charge in [0.1, 0.15) is 0 Å². The summed E-state index contributed by atoms with van der Waals surface area (Å²) in [6, 6.07) is 0. The fourth-order valence-corrected chi connectivity index (χ4v) is 1.94. The fraction of sp³-hybridized carbons (Fsp3) is 0.571. The van der Waals surface area contributed by atoms with Crippen LogP contribution in [0.2, 0.25) is 0 Å². The third-order valence-corrected chi connectivity index (χ3v) is 2.53. The van der Waals surface area contributed by atoms with E-state index in [9.17, 15) is 8.42 Å². The van der Waals surface area contributed by atoms with Crippen molar-refractivity contribution in [3.63, 3.8) is 0 Å². The molecule has 0 radical (unpaired) electrons. The van der Waals surface area contributed by atoms with Gasteiger partial charge in [0.2, 0.25) is 6.17 Å². The maximum absolute atomic E-state index is 10.5. The molecule has 0 bridgehead atoms. The van der Waals surface area contributed by atoms with Gasteiger partial charge in [-0.2, -0.15) is 8.42 Å². The largest absolute Gasteiger partial charge is 0.286 e. The van der Waals surface area contributed by atoms with Gasteiger partial charge < -0.3 is 0 Å².